The number of benzene rings is 1. The van der Waals surface area contributed by atoms with Crippen LogP contribution in [-0.4, -0.2) is 27.5 Å². The SMILES string of the molecule is CN(C)c1ccccc1NS(=O)(=O)c1ncccc1NN. The molecule has 1 aromatic heterocycles. The fraction of sp³-hybridized carbons (Fsp3) is 0.154. The summed E-state index contributed by atoms with van der Waals surface area (Å²) < 4.78 is 27.5. The molecule has 0 aliphatic carbocycles. The van der Waals surface area contributed by atoms with Gasteiger partial charge in [-0.2, -0.15) is 8.42 Å². The van der Waals surface area contributed by atoms with Gasteiger partial charge in [0.25, 0.3) is 10.0 Å². The molecule has 0 radical (unpaired) electrons. The Balaban J connectivity index is 2.43. The highest BCUT2D eigenvalue weighted by Crippen LogP contribution is 2.27. The number of sulfonamides is 1. The van der Waals surface area contributed by atoms with Gasteiger partial charge >= 0.3 is 0 Å². The van der Waals surface area contributed by atoms with Crippen LogP contribution in [0, 0.1) is 0 Å². The Bertz CT molecular complexity index is 731. The van der Waals surface area contributed by atoms with Gasteiger partial charge in [-0.05, 0) is 24.3 Å². The van der Waals surface area contributed by atoms with Crippen LogP contribution >= 0.6 is 0 Å². The lowest BCUT2D eigenvalue weighted by molar-refractivity contribution is 0.598. The number of nitrogens with two attached hydrogens (primary N) is 1. The molecule has 0 fully saturated rings. The van der Waals surface area contributed by atoms with Gasteiger partial charge in [0.2, 0.25) is 5.03 Å². The summed E-state index contributed by atoms with van der Waals surface area (Å²) in [6.45, 7) is 0. The summed E-state index contributed by atoms with van der Waals surface area (Å²) in [6.07, 6.45) is 1.40. The van der Waals surface area contributed by atoms with Crippen molar-refractivity contribution >= 4 is 27.1 Å². The lowest BCUT2D eigenvalue weighted by atomic mass is 10.2. The van der Waals surface area contributed by atoms with Gasteiger partial charge in [0, 0.05) is 20.3 Å². The third-order valence-electron chi connectivity index (χ3n) is 2.81. The van der Waals surface area contributed by atoms with Crippen LogP contribution in [0.5, 0.6) is 0 Å². The summed E-state index contributed by atoms with van der Waals surface area (Å²) in [4.78, 5) is 5.70. The van der Waals surface area contributed by atoms with Crippen molar-refractivity contribution in [3.8, 4) is 0 Å². The van der Waals surface area contributed by atoms with Crippen molar-refractivity contribution in [1.82, 2.24) is 4.98 Å². The smallest absolute Gasteiger partial charge is 0.281 e. The van der Waals surface area contributed by atoms with Gasteiger partial charge in [-0.25, -0.2) is 4.98 Å². The standard InChI is InChI=1S/C13H17N5O2S/c1-18(2)12-8-4-3-6-10(12)17-21(19,20)13-11(16-14)7-5-9-15-13/h3-9,16-17H,14H2,1-2H3. The minimum atomic E-state index is -3.84. The van der Waals surface area contributed by atoms with E-state index >= 15 is 0 Å². The molecule has 0 amide bonds. The van der Waals surface area contributed by atoms with E-state index < -0.39 is 10.0 Å². The number of para-hydroxylation sites is 2. The second-order valence-electron chi connectivity index (χ2n) is 4.52. The molecule has 0 atom stereocenters. The van der Waals surface area contributed by atoms with Gasteiger partial charge in [0.15, 0.2) is 0 Å². The molecule has 21 heavy (non-hydrogen) atoms. The summed E-state index contributed by atoms with van der Waals surface area (Å²) in [7, 11) is -0.174. The minimum absolute atomic E-state index is 0.152. The number of nitrogens with zero attached hydrogens (tertiary/aromatic N) is 2. The maximum atomic E-state index is 12.5. The predicted octanol–water partition coefficient (Wildman–Crippen LogP) is 1.23. The van der Waals surface area contributed by atoms with Gasteiger partial charge in [-0.1, -0.05) is 12.1 Å². The first-order valence-electron chi connectivity index (χ1n) is 6.16. The molecule has 8 heteroatoms. The van der Waals surface area contributed by atoms with E-state index in [9.17, 15) is 8.42 Å². The first-order valence-corrected chi connectivity index (χ1v) is 7.65. The maximum absolute atomic E-state index is 12.5. The van der Waals surface area contributed by atoms with Crippen molar-refractivity contribution < 1.29 is 8.42 Å². The third kappa shape index (κ3) is 3.23. The topological polar surface area (TPSA) is 100 Å². The molecule has 1 heterocycles. The molecule has 0 unspecified atom stereocenters. The van der Waals surface area contributed by atoms with Gasteiger partial charge in [-0.15, -0.1) is 0 Å². The van der Waals surface area contributed by atoms with E-state index in [1.165, 1.54) is 6.20 Å². The number of hydrazine groups is 1. The molecule has 1 aromatic carbocycles. The number of hydrogen-bond donors (Lipinski definition) is 3. The van der Waals surface area contributed by atoms with E-state index in [0.717, 1.165) is 5.69 Å². The van der Waals surface area contributed by atoms with E-state index in [-0.39, 0.29) is 10.7 Å². The van der Waals surface area contributed by atoms with E-state index in [1.54, 1.807) is 24.3 Å². The molecule has 0 bridgehead atoms. The van der Waals surface area contributed by atoms with Crippen LogP contribution in [0.1, 0.15) is 0 Å². The van der Waals surface area contributed by atoms with Crippen LogP contribution in [0.3, 0.4) is 0 Å². The fourth-order valence-electron chi connectivity index (χ4n) is 1.86. The zero-order valence-corrected chi connectivity index (χ0v) is 12.6. The van der Waals surface area contributed by atoms with E-state index in [0.29, 0.717) is 5.69 Å². The second kappa shape index (κ2) is 5.98. The summed E-state index contributed by atoms with van der Waals surface area (Å²) in [6, 6.07) is 10.2. The van der Waals surface area contributed by atoms with Gasteiger partial charge in [0.1, 0.15) is 0 Å². The van der Waals surface area contributed by atoms with Crippen molar-refractivity contribution in [2.75, 3.05) is 29.1 Å². The van der Waals surface area contributed by atoms with Crippen LogP contribution in [-0.2, 0) is 10.0 Å². The highest BCUT2D eigenvalue weighted by atomic mass is 32.2. The zero-order chi connectivity index (χ0) is 15.5. The Labute approximate surface area is 123 Å². The number of nitrogens with one attached hydrogen (secondary N) is 2. The largest absolute Gasteiger partial charge is 0.376 e. The van der Waals surface area contributed by atoms with Crippen LogP contribution < -0.4 is 20.9 Å². The van der Waals surface area contributed by atoms with Gasteiger partial charge in [0.05, 0.1) is 17.1 Å². The molecule has 2 rings (SSSR count). The lowest BCUT2D eigenvalue weighted by Gasteiger charge is -2.18. The number of rotatable bonds is 5. The summed E-state index contributed by atoms with van der Waals surface area (Å²) in [5.41, 5.74) is 3.78. The summed E-state index contributed by atoms with van der Waals surface area (Å²) in [5, 5.41) is -0.152. The fourth-order valence-corrected chi connectivity index (χ4v) is 3.03. The molecular weight excluding hydrogens is 290 g/mol. The molecular formula is C13H17N5O2S. The van der Waals surface area contributed by atoms with Crippen LogP contribution in [0.2, 0.25) is 0 Å². The number of pyridine rings is 1. The van der Waals surface area contributed by atoms with Gasteiger partial charge < -0.3 is 10.3 Å². The molecule has 0 spiro atoms. The van der Waals surface area contributed by atoms with Gasteiger partial charge in [-0.3, -0.25) is 10.6 Å². The highest BCUT2D eigenvalue weighted by molar-refractivity contribution is 7.92. The third-order valence-corrected chi connectivity index (χ3v) is 4.13. The molecule has 0 saturated heterocycles. The monoisotopic (exact) mass is 307 g/mol. The molecule has 0 aliphatic heterocycles. The predicted molar refractivity (Wildman–Crippen MR) is 83.6 cm³/mol. The Kier molecular flexibility index (Phi) is 4.29. The van der Waals surface area contributed by atoms with Crippen molar-refractivity contribution in [1.29, 1.82) is 0 Å². The molecule has 4 N–H and O–H groups in total. The normalized spacial score (nSPS) is 11.0. The van der Waals surface area contributed by atoms with Crippen molar-refractivity contribution in [2.45, 2.75) is 5.03 Å². The van der Waals surface area contributed by atoms with Crippen LogP contribution in [0.4, 0.5) is 17.1 Å². The lowest BCUT2D eigenvalue weighted by Crippen LogP contribution is -2.20. The van der Waals surface area contributed by atoms with Crippen molar-refractivity contribution in [3.63, 3.8) is 0 Å². The van der Waals surface area contributed by atoms with E-state index in [2.05, 4.69) is 15.1 Å². The number of nitrogen functional groups attached to an aromatic ring is 1. The quantitative estimate of drug-likeness (QED) is 0.567. The number of aromatic nitrogens is 1. The minimum Gasteiger partial charge on any atom is -0.376 e. The summed E-state index contributed by atoms with van der Waals surface area (Å²) in [5.74, 6) is 5.33. The number of hydrogen-bond acceptors (Lipinski definition) is 6. The molecule has 0 saturated carbocycles. The van der Waals surface area contributed by atoms with Crippen LogP contribution in [0.25, 0.3) is 0 Å². The molecule has 2 aromatic rings. The maximum Gasteiger partial charge on any atom is 0.281 e. The first-order chi connectivity index (χ1) is 9.95. The number of anilines is 3. The highest BCUT2D eigenvalue weighted by Gasteiger charge is 2.21. The Morgan fingerprint density at radius 3 is 2.43 bits per heavy atom. The van der Waals surface area contributed by atoms with E-state index in [4.69, 9.17) is 5.84 Å². The zero-order valence-electron chi connectivity index (χ0n) is 11.7. The molecule has 112 valence electrons. The van der Waals surface area contributed by atoms with Crippen LogP contribution in [0.15, 0.2) is 47.6 Å². The summed E-state index contributed by atoms with van der Waals surface area (Å²) >= 11 is 0. The molecule has 0 aliphatic rings. The Hall–Kier alpha value is -2.32. The Morgan fingerprint density at radius 2 is 1.76 bits per heavy atom. The Morgan fingerprint density at radius 1 is 1.10 bits per heavy atom. The average molecular weight is 307 g/mol. The second-order valence-corrected chi connectivity index (χ2v) is 6.12. The van der Waals surface area contributed by atoms with E-state index in [1.807, 2.05) is 31.1 Å². The molecule has 7 nitrogen and oxygen atoms in total. The van der Waals surface area contributed by atoms with Crippen molar-refractivity contribution in [3.05, 3.63) is 42.6 Å². The average Bonchev–Trinajstić information content (AvgIpc) is 2.47. The first kappa shape index (κ1) is 15.1. The van der Waals surface area contributed by atoms with Crippen molar-refractivity contribution in [2.24, 2.45) is 5.84 Å².